The third kappa shape index (κ3) is 3.27. The number of hydrogen-bond donors (Lipinski definition) is 0. The molecule has 4 N–H and O–H groups in total. The fourth-order valence-electron chi connectivity index (χ4n) is 4.01. The van der Waals surface area contributed by atoms with Gasteiger partial charge in [0.05, 0.1) is 20.4 Å². The van der Waals surface area contributed by atoms with E-state index in [0.29, 0.717) is 11.8 Å². The van der Waals surface area contributed by atoms with Crippen LogP contribution in [0, 0.1) is 0 Å². The summed E-state index contributed by atoms with van der Waals surface area (Å²) in [5.74, 6) is 3.61. The van der Waals surface area contributed by atoms with Crippen molar-refractivity contribution >= 4 is 53.0 Å². The van der Waals surface area contributed by atoms with E-state index in [1.54, 1.807) is 22.7 Å². The number of nitrogens with zero attached hydrogens (tertiary/aromatic N) is 6. The van der Waals surface area contributed by atoms with Crippen LogP contribution in [0.1, 0.15) is 49.2 Å². The molecule has 2 saturated carbocycles. The van der Waals surface area contributed by atoms with Crippen LogP contribution in [0.3, 0.4) is 0 Å². The van der Waals surface area contributed by atoms with Gasteiger partial charge < -0.3 is 11.0 Å². The van der Waals surface area contributed by atoms with Crippen molar-refractivity contribution in [1.29, 1.82) is 0 Å². The molecule has 32 heavy (non-hydrogen) atoms. The van der Waals surface area contributed by atoms with Gasteiger partial charge in [0.25, 0.3) is 0 Å². The van der Waals surface area contributed by atoms with Gasteiger partial charge in [0.1, 0.15) is 11.6 Å². The SMILES string of the molecule is O.O.c1ccc2c(c1)sc1nnc(C3CC3)n12.c1ccc2c(c1)sc1nnc(C3CC3)n12. The molecule has 2 aliphatic rings. The molecule has 2 aromatic carbocycles. The average Bonchev–Trinajstić information content (AvgIpc) is 3.64. The monoisotopic (exact) mass is 466 g/mol. The molecule has 4 heterocycles. The normalized spacial score (nSPS) is 15.5. The van der Waals surface area contributed by atoms with Crippen LogP contribution in [0.2, 0.25) is 0 Å². The van der Waals surface area contributed by atoms with Crippen molar-refractivity contribution < 1.29 is 11.0 Å². The lowest BCUT2D eigenvalue weighted by atomic mass is 10.3. The molecule has 0 unspecified atom stereocenters. The molecule has 0 amide bonds. The van der Waals surface area contributed by atoms with E-state index in [9.17, 15) is 0 Å². The highest BCUT2D eigenvalue weighted by molar-refractivity contribution is 7.23. The van der Waals surface area contributed by atoms with Gasteiger partial charge in [-0.05, 0) is 49.9 Å². The predicted molar refractivity (Wildman–Crippen MR) is 128 cm³/mol. The topological polar surface area (TPSA) is 123 Å². The quantitative estimate of drug-likeness (QED) is 0.383. The van der Waals surface area contributed by atoms with Crippen LogP contribution in [0.5, 0.6) is 0 Å². The molecule has 0 atom stereocenters. The first kappa shape index (κ1) is 21.0. The van der Waals surface area contributed by atoms with Crippen molar-refractivity contribution in [3.05, 3.63) is 60.2 Å². The number of fused-ring (bicyclic) bond motifs is 6. The van der Waals surface area contributed by atoms with Crippen molar-refractivity contribution in [2.24, 2.45) is 0 Å². The van der Waals surface area contributed by atoms with Crippen LogP contribution in [0.4, 0.5) is 0 Å². The smallest absolute Gasteiger partial charge is 0.217 e. The molecule has 6 aromatic rings. The summed E-state index contributed by atoms with van der Waals surface area (Å²) in [5, 5.41) is 17.1. The molecular formula is C22H22N6O2S2. The van der Waals surface area contributed by atoms with Crippen LogP contribution in [-0.4, -0.2) is 40.1 Å². The molecule has 2 aliphatic carbocycles. The molecule has 0 bridgehead atoms. The second-order valence-corrected chi connectivity index (χ2v) is 10.1. The van der Waals surface area contributed by atoms with E-state index in [4.69, 9.17) is 0 Å². The van der Waals surface area contributed by atoms with Gasteiger partial charge in [-0.2, -0.15) is 0 Å². The summed E-state index contributed by atoms with van der Waals surface area (Å²) in [6, 6.07) is 16.9. The van der Waals surface area contributed by atoms with E-state index in [0.717, 1.165) is 21.6 Å². The predicted octanol–water partition coefficient (Wildman–Crippen LogP) is 3.99. The van der Waals surface area contributed by atoms with Crippen LogP contribution >= 0.6 is 22.7 Å². The highest BCUT2D eigenvalue weighted by Crippen LogP contribution is 2.41. The van der Waals surface area contributed by atoms with Crippen LogP contribution in [0.25, 0.3) is 30.4 Å². The van der Waals surface area contributed by atoms with Gasteiger partial charge in [0.2, 0.25) is 9.92 Å². The Bertz CT molecular complexity index is 1420. The zero-order chi connectivity index (χ0) is 19.7. The number of rotatable bonds is 2. The fourth-order valence-corrected chi connectivity index (χ4v) is 5.96. The molecule has 10 heteroatoms. The molecule has 8 rings (SSSR count). The number of para-hydroxylation sites is 2. The Morgan fingerprint density at radius 3 is 1.41 bits per heavy atom. The van der Waals surface area contributed by atoms with Gasteiger partial charge in [0, 0.05) is 11.8 Å². The van der Waals surface area contributed by atoms with E-state index in [1.807, 2.05) is 0 Å². The van der Waals surface area contributed by atoms with E-state index in [-0.39, 0.29) is 11.0 Å². The zero-order valence-electron chi connectivity index (χ0n) is 17.1. The second kappa shape index (κ2) is 7.89. The Morgan fingerprint density at radius 2 is 1.00 bits per heavy atom. The maximum atomic E-state index is 4.29. The van der Waals surface area contributed by atoms with Crippen LogP contribution in [-0.2, 0) is 0 Å². The second-order valence-electron chi connectivity index (χ2n) is 8.04. The van der Waals surface area contributed by atoms with Gasteiger partial charge in [-0.3, -0.25) is 8.80 Å². The molecule has 0 saturated heterocycles. The first-order valence-corrected chi connectivity index (χ1v) is 12.0. The third-order valence-corrected chi connectivity index (χ3v) is 7.84. The minimum absolute atomic E-state index is 0. The molecule has 4 aromatic heterocycles. The molecular weight excluding hydrogens is 444 g/mol. The lowest BCUT2D eigenvalue weighted by molar-refractivity contribution is 0.823. The Balaban J connectivity index is 0.000000127. The first-order valence-electron chi connectivity index (χ1n) is 10.3. The number of aromatic nitrogens is 6. The Hall–Kier alpha value is -2.92. The third-order valence-electron chi connectivity index (χ3n) is 5.82. The largest absolute Gasteiger partial charge is 0.412 e. The van der Waals surface area contributed by atoms with Crippen molar-refractivity contribution in [2.75, 3.05) is 0 Å². The van der Waals surface area contributed by atoms with E-state index in [1.165, 1.54) is 46.1 Å². The Morgan fingerprint density at radius 1 is 0.594 bits per heavy atom. The van der Waals surface area contributed by atoms with Crippen LogP contribution < -0.4 is 0 Å². The van der Waals surface area contributed by atoms with E-state index < -0.39 is 0 Å². The summed E-state index contributed by atoms with van der Waals surface area (Å²) in [6.07, 6.45) is 5.08. The highest BCUT2D eigenvalue weighted by atomic mass is 32.1. The van der Waals surface area contributed by atoms with Gasteiger partial charge in [-0.1, -0.05) is 46.9 Å². The summed E-state index contributed by atoms with van der Waals surface area (Å²) >= 11 is 3.43. The van der Waals surface area contributed by atoms with Gasteiger partial charge >= 0.3 is 0 Å². The number of thiazole rings is 2. The minimum atomic E-state index is 0. The summed E-state index contributed by atoms with van der Waals surface area (Å²) < 4.78 is 7.03. The molecule has 8 nitrogen and oxygen atoms in total. The minimum Gasteiger partial charge on any atom is -0.412 e. The highest BCUT2D eigenvalue weighted by Gasteiger charge is 2.30. The summed E-state index contributed by atoms with van der Waals surface area (Å²) in [6.45, 7) is 0. The number of benzene rings is 2. The Kier molecular flexibility index (Phi) is 5.17. The first-order chi connectivity index (χ1) is 14.9. The maximum absolute atomic E-state index is 4.29. The van der Waals surface area contributed by atoms with Crippen molar-refractivity contribution in [3.63, 3.8) is 0 Å². The summed E-state index contributed by atoms with van der Waals surface area (Å²) in [5.41, 5.74) is 2.51. The molecule has 164 valence electrons. The standard InChI is InChI=1S/2C11H9N3S.2H2O/c2*1-2-4-9-8(3-1)14-10(7-5-6-7)12-13-11(14)15-9;;/h2*1-4,7H,5-6H2;2*1H2. The Labute approximate surface area is 190 Å². The lowest BCUT2D eigenvalue weighted by Gasteiger charge is -1.94. The van der Waals surface area contributed by atoms with E-state index in [2.05, 4.69) is 77.7 Å². The van der Waals surface area contributed by atoms with Crippen molar-refractivity contribution in [3.8, 4) is 0 Å². The summed E-state index contributed by atoms with van der Waals surface area (Å²) in [4.78, 5) is 2.05. The number of hydrogen-bond acceptors (Lipinski definition) is 6. The fraction of sp³-hybridized carbons (Fsp3) is 0.273. The van der Waals surface area contributed by atoms with Crippen LogP contribution in [0.15, 0.2) is 48.5 Å². The molecule has 0 radical (unpaired) electrons. The average molecular weight is 467 g/mol. The molecule has 0 spiro atoms. The summed E-state index contributed by atoms with van der Waals surface area (Å²) in [7, 11) is 0. The maximum Gasteiger partial charge on any atom is 0.217 e. The van der Waals surface area contributed by atoms with Gasteiger partial charge in [-0.15, -0.1) is 20.4 Å². The van der Waals surface area contributed by atoms with Gasteiger partial charge in [0.15, 0.2) is 0 Å². The van der Waals surface area contributed by atoms with E-state index >= 15 is 0 Å². The van der Waals surface area contributed by atoms with Crippen molar-refractivity contribution in [1.82, 2.24) is 29.2 Å². The molecule has 0 aliphatic heterocycles. The van der Waals surface area contributed by atoms with Gasteiger partial charge in [-0.25, -0.2) is 0 Å². The molecule has 2 fully saturated rings. The zero-order valence-corrected chi connectivity index (χ0v) is 18.7. The lowest BCUT2D eigenvalue weighted by Crippen LogP contribution is -1.89. The van der Waals surface area contributed by atoms with Crippen molar-refractivity contribution in [2.45, 2.75) is 37.5 Å².